The molecular formula is C25H26FN5O2. The van der Waals surface area contributed by atoms with Gasteiger partial charge in [0.2, 0.25) is 17.8 Å². The SMILES string of the molecule is NC(=O)c1ccc(-c2cnc(N)nc2[C@@H]2CCCCN2C(=O)CCc2ccc(F)cc2)cc1. The summed E-state index contributed by atoms with van der Waals surface area (Å²) in [7, 11) is 0. The van der Waals surface area contributed by atoms with Gasteiger partial charge in [-0.2, -0.15) is 0 Å². The number of aromatic nitrogens is 2. The Morgan fingerprint density at radius 2 is 1.79 bits per heavy atom. The van der Waals surface area contributed by atoms with Crippen LogP contribution in [-0.2, 0) is 11.2 Å². The first-order valence-corrected chi connectivity index (χ1v) is 11.0. The maximum Gasteiger partial charge on any atom is 0.248 e. The van der Waals surface area contributed by atoms with Crippen LogP contribution in [0.2, 0.25) is 0 Å². The molecule has 33 heavy (non-hydrogen) atoms. The third kappa shape index (κ3) is 5.16. The lowest BCUT2D eigenvalue weighted by atomic mass is 9.93. The van der Waals surface area contributed by atoms with Crippen LogP contribution in [0.25, 0.3) is 11.1 Å². The Morgan fingerprint density at radius 3 is 2.48 bits per heavy atom. The van der Waals surface area contributed by atoms with E-state index in [-0.39, 0.29) is 23.7 Å². The normalized spacial score (nSPS) is 15.9. The number of nitrogens with zero attached hydrogens (tertiary/aromatic N) is 3. The quantitative estimate of drug-likeness (QED) is 0.598. The number of hydrogen-bond donors (Lipinski definition) is 2. The maximum atomic E-state index is 13.2. The minimum Gasteiger partial charge on any atom is -0.368 e. The van der Waals surface area contributed by atoms with Crippen LogP contribution in [0.3, 0.4) is 0 Å². The summed E-state index contributed by atoms with van der Waals surface area (Å²) in [6.07, 6.45) is 5.18. The molecule has 170 valence electrons. The van der Waals surface area contributed by atoms with Crippen molar-refractivity contribution in [2.45, 2.75) is 38.1 Å². The van der Waals surface area contributed by atoms with Gasteiger partial charge in [0.25, 0.3) is 0 Å². The lowest BCUT2D eigenvalue weighted by Gasteiger charge is -2.36. The highest BCUT2D eigenvalue weighted by Gasteiger charge is 2.31. The molecule has 0 aliphatic carbocycles. The molecule has 0 bridgehead atoms. The molecule has 0 saturated carbocycles. The Labute approximate surface area is 191 Å². The summed E-state index contributed by atoms with van der Waals surface area (Å²) in [5.41, 5.74) is 14.9. The highest BCUT2D eigenvalue weighted by molar-refractivity contribution is 5.93. The molecule has 3 aromatic rings. The molecule has 2 aromatic carbocycles. The van der Waals surface area contributed by atoms with Gasteiger partial charge < -0.3 is 16.4 Å². The van der Waals surface area contributed by atoms with Crippen LogP contribution in [-0.4, -0.2) is 33.2 Å². The summed E-state index contributed by atoms with van der Waals surface area (Å²) < 4.78 is 13.2. The summed E-state index contributed by atoms with van der Waals surface area (Å²) >= 11 is 0. The number of carbonyl (C=O) groups excluding carboxylic acids is 2. The van der Waals surface area contributed by atoms with E-state index in [0.717, 1.165) is 36.0 Å². The van der Waals surface area contributed by atoms with E-state index in [4.69, 9.17) is 11.5 Å². The second-order valence-corrected chi connectivity index (χ2v) is 8.19. The number of carbonyl (C=O) groups is 2. The van der Waals surface area contributed by atoms with Crippen molar-refractivity contribution in [1.29, 1.82) is 0 Å². The molecule has 1 fully saturated rings. The topological polar surface area (TPSA) is 115 Å². The number of piperidine rings is 1. The molecule has 4 N–H and O–H groups in total. The molecule has 2 amide bonds. The highest BCUT2D eigenvalue weighted by Crippen LogP contribution is 2.36. The van der Waals surface area contributed by atoms with Crippen molar-refractivity contribution >= 4 is 17.8 Å². The number of likely N-dealkylation sites (tertiary alicyclic amines) is 1. The monoisotopic (exact) mass is 447 g/mol. The minimum atomic E-state index is -0.500. The van der Waals surface area contributed by atoms with Crippen molar-refractivity contribution < 1.29 is 14.0 Å². The third-order valence-electron chi connectivity index (χ3n) is 6.00. The number of primary amides is 1. The standard InChI is InChI=1S/C25H26FN5O2/c26-19-11-4-16(5-12-19)6-13-22(32)31-14-2-1-3-21(31)23-20(15-29-25(28)30-23)17-7-9-18(10-8-17)24(27)33/h4-5,7-12,15,21H,1-3,6,13-14H2,(H2,27,33)(H2,28,29,30)/t21-/m0/s1. The van der Waals surface area contributed by atoms with E-state index < -0.39 is 5.91 Å². The van der Waals surface area contributed by atoms with Crippen molar-refractivity contribution in [3.05, 3.63) is 77.4 Å². The zero-order valence-electron chi connectivity index (χ0n) is 18.2. The Hall–Kier alpha value is -3.81. The molecule has 1 aliphatic heterocycles. The predicted molar refractivity (Wildman–Crippen MR) is 123 cm³/mol. The van der Waals surface area contributed by atoms with Gasteiger partial charge in [0.05, 0.1) is 11.7 Å². The van der Waals surface area contributed by atoms with Gasteiger partial charge in [-0.25, -0.2) is 14.4 Å². The van der Waals surface area contributed by atoms with Crippen molar-refractivity contribution in [3.63, 3.8) is 0 Å². The molecule has 7 nitrogen and oxygen atoms in total. The summed E-state index contributed by atoms with van der Waals surface area (Å²) in [5.74, 6) is -0.623. The number of nitrogens with two attached hydrogens (primary N) is 2. The van der Waals surface area contributed by atoms with E-state index in [0.29, 0.717) is 30.6 Å². The lowest BCUT2D eigenvalue weighted by Crippen LogP contribution is -2.39. The first-order valence-electron chi connectivity index (χ1n) is 11.0. The van der Waals surface area contributed by atoms with Gasteiger partial charge in [0.15, 0.2) is 0 Å². The van der Waals surface area contributed by atoms with Gasteiger partial charge in [-0.1, -0.05) is 24.3 Å². The molecule has 2 heterocycles. The Bertz CT molecular complexity index is 1150. The molecule has 0 radical (unpaired) electrons. The van der Waals surface area contributed by atoms with Crippen molar-refractivity contribution in [2.24, 2.45) is 5.73 Å². The second-order valence-electron chi connectivity index (χ2n) is 8.19. The Balaban J connectivity index is 1.60. The largest absolute Gasteiger partial charge is 0.368 e. The van der Waals surface area contributed by atoms with Crippen molar-refractivity contribution in [2.75, 3.05) is 12.3 Å². The average Bonchev–Trinajstić information content (AvgIpc) is 2.83. The minimum absolute atomic E-state index is 0.0243. The third-order valence-corrected chi connectivity index (χ3v) is 6.00. The Kier molecular flexibility index (Phi) is 6.63. The first-order chi connectivity index (χ1) is 15.9. The van der Waals surface area contributed by atoms with Crippen LogP contribution in [0.5, 0.6) is 0 Å². The predicted octanol–water partition coefficient (Wildman–Crippen LogP) is 3.65. The number of aryl methyl sites for hydroxylation is 1. The lowest BCUT2D eigenvalue weighted by molar-refractivity contribution is -0.135. The van der Waals surface area contributed by atoms with Crippen LogP contribution in [0, 0.1) is 5.82 Å². The maximum absolute atomic E-state index is 13.2. The smallest absolute Gasteiger partial charge is 0.248 e. The van der Waals surface area contributed by atoms with Gasteiger partial charge >= 0.3 is 0 Å². The molecule has 1 atom stereocenters. The highest BCUT2D eigenvalue weighted by atomic mass is 19.1. The number of halogens is 1. The van der Waals surface area contributed by atoms with Gasteiger partial charge in [0, 0.05) is 30.3 Å². The van der Waals surface area contributed by atoms with Gasteiger partial charge in [-0.05, 0) is 61.1 Å². The van der Waals surface area contributed by atoms with E-state index in [1.807, 2.05) is 4.90 Å². The summed E-state index contributed by atoms with van der Waals surface area (Å²) in [6, 6.07) is 12.9. The van der Waals surface area contributed by atoms with Crippen LogP contribution in [0.15, 0.2) is 54.7 Å². The number of amides is 2. The fourth-order valence-electron chi connectivity index (χ4n) is 4.26. The first kappa shape index (κ1) is 22.4. The molecule has 1 saturated heterocycles. The number of benzene rings is 2. The van der Waals surface area contributed by atoms with E-state index in [9.17, 15) is 14.0 Å². The molecule has 4 rings (SSSR count). The van der Waals surface area contributed by atoms with Crippen molar-refractivity contribution in [1.82, 2.24) is 14.9 Å². The fourth-order valence-corrected chi connectivity index (χ4v) is 4.26. The van der Waals surface area contributed by atoms with Gasteiger partial charge in [-0.3, -0.25) is 9.59 Å². The molecule has 0 unspecified atom stereocenters. The summed E-state index contributed by atoms with van der Waals surface area (Å²) in [4.78, 5) is 35.2. The fraction of sp³-hybridized carbons (Fsp3) is 0.280. The second kappa shape index (κ2) is 9.77. The van der Waals surface area contributed by atoms with Crippen LogP contribution >= 0.6 is 0 Å². The average molecular weight is 448 g/mol. The van der Waals surface area contributed by atoms with E-state index in [1.54, 1.807) is 42.6 Å². The zero-order valence-corrected chi connectivity index (χ0v) is 18.2. The number of nitrogen functional groups attached to an aromatic ring is 1. The van der Waals surface area contributed by atoms with Crippen LogP contribution < -0.4 is 11.5 Å². The number of rotatable bonds is 6. The van der Waals surface area contributed by atoms with Crippen molar-refractivity contribution in [3.8, 4) is 11.1 Å². The van der Waals surface area contributed by atoms with Crippen LogP contribution in [0.4, 0.5) is 10.3 Å². The summed E-state index contributed by atoms with van der Waals surface area (Å²) in [5, 5.41) is 0. The summed E-state index contributed by atoms with van der Waals surface area (Å²) in [6.45, 7) is 0.636. The molecule has 1 aromatic heterocycles. The van der Waals surface area contributed by atoms with Gasteiger partial charge in [-0.15, -0.1) is 0 Å². The van der Waals surface area contributed by atoms with E-state index >= 15 is 0 Å². The molecule has 0 spiro atoms. The van der Waals surface area contributed by atoms with E-state index in [2.05, 4.69) is 9.97 Å². The van der Waals surface area contributed by atoms with E-state index in [1.165, 1.54) is 12.1 Å². The zero-order chi connectivity index (χ0) is 23.4. The molecular weight excluding hydrogens is 421 g/mol. The molecule has 1 aliphatic rings. The number of anilines is 1. The Morgan fingerprint density at radius 1 is 1.06 bits per heavy atom. The molecule has 8 heteroatoms. The van der Waals surface area contributed by atoms with Crippen LogP contribution in [0.1, 0.15) is 53.3 Å². The van der Waals surface area contributed by atoms with Gasteiger partial charge in [0.1, 0.15) is 5.82 Å². The number of hydrogen-bond acceptors (Lipinski definition) is 5.